The van der Waals surface area contributed by atoms with Crippen molar-refractivity contribution < 1.29 is 19.8 Å². The second kappa shape index (κ2) is 2.55. The van der Waals surface area contributed by atoms with E-state index < -0.39 is 20.8 Å². The molecule has 1 aliphatic heterocycles. The Kier molecular flexibility index (Phi) is 1.88. The standard InChI is InChI=1S/C5H7NO4S/c7-4(8)11(5(9)10)3-1-2-6-11/h1,3,6H,2H2,(H,7,8)(H,9,10). The van der Waals surface area contributed by atoms with E-state index in [1.54, 1.807) is 0 Å². The van der Waals surface area contributed by atoms with E-state index in [2.05, 4.69) is 4.72 Å². The average Bonchev–Trinajstić information content (AvgIpc) is 2.34. The van der Waals surface area contributed by atoms with Crippen LogP contribution >= 0.6 is 10.2 Å². The Balaban J connectivity index is 2.98. The van der Waals surface area contributed by atoms with Crippen LogP contribution in [-0.4, -0.2) is 27.4 Å². The normalized spacial score (nSPS) is 22.9. The summed E-state index contributed by atoms with van der Waals surface area (Å²) in [6.07, 6.45) is 1.51. The van der Waals surface area contributed by atoms with Gasteiger partial charge in [-0.15, -0.1) is 0 Å². The van der Waals surface area contributed by atoms with Crippen molar-refractivity contribution in [3.63, 3.8) is 0 Å². The number of carboxylic acid groups (broad SMARTS) is 2. The third-order valence-corrected chi connectivity index (χ3v) is 3.60. The maximum Gasteiger partial charge on any atom is 0.373 e. The number of carbonyl (C=O) groups is 2. The zero-order valence-electron chi connectivity index (χ0n) is 5.48. The molecule has 0 aromatic carbocycles. The van der Waals surface area contributed by atoms with Gasteiger partial charge >= 0.3 is 10.6 Å². The Bertz CT molecular complexity index is 223. The molecule has 0 saturated heterocycles. The van der Waals surface area contributed by atoms with E-state index in [-0.39, 0.29) is 0 Å². The third-order valence-electron chi connectivity index (χ3n) is 1.28. The van der Waals surface area contributed by atoms with Gasteiger partial charge in [0.25, 0.3) is 0 Å². The molecule has 1 heterocycles. The first-order valence-electron chi connectivity index (χ1n) is 2.80. The number of hydrogen-bond donors (Lipinski definition) is 3. The Morgan fingerprint density at radius 1 is 1.36 bits per heavy atom. The summed E-state index contributed by atoms with van der Waals surface area (Å²) in [6, 6.07) is 0. The summed E-state index contributed by atoms with van der Waals surface area (Å²) < 4.78 is 2.44. The second-order valence-corrected chi connectivity index (χ2v) is 4.49. The van der Waals surface area contributed by atoms with Gasteiger partial charge in [0.2, 0.25) is 0 Å². The smallest absolute Gasteiger partial charge is 0.373 e. The maximum atomic E-state index is 10.5. The molecule has 0 bridgehead atoms. The van der Waals surface area contributed by atoms with Crippen molar-refractivity contribution in [3.05, 3.63) is 11.5 Å². The topological polar surface area (TPSA) is 86.6 Å². The fraction of sp³-hybridized carbons (Fsp3) is 0.200. The van der Waals surface area contributed by atoms with Gasteiger partial charge in [-0.1, -0.05) is 6.08 Å². The van der Waals surface area contributed by atoms with E-state index >= 15 is 0 Å². The molecule has 1 aliphatic rings. The third kappa shape index (κ3) is 1.10. The zero-order valence-corrected chi connectivity index (χ0v) is 6.30. The lowest BCUT2D eigenvalue weighted by molar-refractivity contribution is 0.215. The first-order chi connectivity index (χ1) is 5.09. The van der Waals surface area contributed by atoms with Crippen molar-refractivity contribution in [2.24, 2.45) is 0 Å². The van der Waals surface area contributed by atoms with E-state index in [9.17, 15) is 9.59 Å². The van der Waals surface area contributed by atoms with Crippen LogP contribution in [0, 0.1) is 0 Å². The summed E-state index contributed by atoms with van der Waals surface area (Å²) in [5.74, 6) is 0. The second-order valence-electron chi connectivity index (χ2n) is 1.91. The Hall–Kier alpha value is -1.01. The average molecular weight is 177 g/mol. The molecule has 62 valence electrons. The fourth-order valence-corrected chi connectivity index (χ4v) is 2.20. The summed E-state index contributed by atoms with van der Waals surface area (Å²) in [7, 11) is -2.79. The highest BCUT2D eigenvalue weighted by atomic mass is 32.3. The van der Waals surface area contributed by atoms with Gasteiger partial charge in [0, 0.05) is 16.8 Å². The zero-order chi connectivity index (χ0) is 8.48. The number of hydrogen-bond acceptors (Lipinski definition) is 3. The van der Waals surface area contributed by atoms with Crippen molar-refractivity contribution in [1.82, 2.24) is 4.72 Å². The van der Waals surface area contributed by atoms with Gasteiger partial charge in [0.05, 0.1) is 0 Å². The van der Waals surface area contributed by atoms with Crippen molar-refractivity contribution in [1.29, 1.82) is 0 Å². The lowest BCUT2D eigenvalue weighted by atomic mass is 10.7. The first-order valence-corrected chi connectivity index (χ1v) is 4.49. The molecule has 0 atom stereocenters. The van der Waals surface area contributed by atoms with Crippen LogP contribution in [0.4, 0.5) is 9.59 Å². The molecule has 1 rings (SSSR count). The molecule has 0 radical (unpaired) electrons. The largest absolute Gasteiger partial charge is 0.473 e. The van der Waals surface area contributed by atoms with Crippen LogP contribution in [0.15, 0.2) is 11.5 Å². The van der Waals surface area contributed by atoms with Gasteiger partial charge in [-0.3, -0.25) is 4.72 Å². The molecular formula is C5H7NO4S. The van der Waals surface area contributed by atoms with Gasteiger partial charge in [-0.2, -0.15) is 0 Å². The number of rotatable bonds is 0. The van der Waals surface area contributed by atoms with E-state index in [0.29, 0.717) is 6.54 Å². The molecule has 0 spiro atoms. The first kappa shape index (κ1) is 8.09. The highest BCUT2D eigenvalue weighted by Crippen LogP contribution is 2.48. The molecule has 0 saturated carbocycles. The Morgan fingerprint density at radius 2 is 1.91 bits per heavy atom. The Morgan fingerprint density at radius 3 is 2.09 bits per heavy atom. The van der Waals surface area contributed by atoms with Gasteiger partial charge in [0.15, 0.2) is 0 Å². The molecule has 3 N–H and O–H groups in total. The van der Waals surface area contributed by atoms with Gasteiger partial charge < -0.3 is 10.2 Å². The lowest BCUT2D eigenvalue weighted by Gasteiger charge is -2.22. The molecular weight excluding hydrogens is 170 g/mol. The van der Waals surface area contributed by atoms with Crippen LogP contribution in [-0.2, 0) is 0 Å². The quantitative estimate of drug-likeness (QED) is 0.517. The summed E-state index contributed by atoms with van der Waals surface area (Å²) in [5, 5.41) is 15.8. The summed E-state index contributed by atoms with van der Waals surface area (Å²) in [6.45, 7) is 0.313. The van der Waals surface area contributed by atoms with Crippen LogP contribution in [0.1, 0.15) is 0 Å². The van der Waals surface area contributed by atoms with E-state index in [1.807, 2.05) is 0 Å². The molecule has 11 heavy (non-hydrogen) atoms. The van der Waals surface area contributed by atoms with Crippen LogP contribution in [0.5, 0.6) is 0 Å². The van der Waals surface area contributed by atoms with Crippen LogP contribution < -0.4 is 4.72 Å². The molecule has 5 nitrogen and oxygen atoms in total. The maximum absolute atomic E-state index is 10.5. The number of nitrogens with one attached hydrogen (secondary N) is 1. The van der Waals surface area contributed by atoms with Crippen LogP contribution in [0.3, 0.4) is 0 Å². The van der Waals surface area contributed by atoms with Gasteiger partial charge in [0.1, 0.15) is 0 Å². The molecule has 6 heteroatoms. The molecule has 0 aliphatic carbocycles. The minimum Gasteiger partial charge on any atom is -0.473 e. The highest BCUT2D eigenvalue weighted by Gasteiger charge is 2.39. The monoisotopic (exact) mass is 177 g/mol. The Labute approximate surface area is 64.2 Å². The van der Waals surface area contributed by atoms with Crippen molar-refractivity contribution in [2.75, 3.05) is 6.54 Å². The predicted octanol–water partition coefficient (Wildman–Crippen LogP) is 1.18. The molecule has 0 aromatic heterocycles. The predicted molar refractivity (Wildman–Crippen MR) is 40.8 cm³/mol. The van der Waals surface area contributed by atoms with Crippen molar-refractivity contribution in [3.8, 4) is 0 Å². The van der Waals surface area contributed by atoms with E-state index in [1.165, 1.54) is 11.5 Å². The van der Waals surface area contributed by atoms with Gasteiger partial charge in [-0.05, 0) is 5.41 Å². The van der Waals surface area contributed by atoms with Crippen molar-refractivity contribution >= 4 is 20.8 Å². The SMILES string of the molecule is O=C(O)S1(C(=O)O)C=CCN1. The molecule has 0 fully saturated rings. The minimum atomic E-state index is -2.79. The summed E-state index contributed by atoms with van der Waals surface area (Å²) in [4.78, 5) is 21.0. The van der Waals surface area contributed by atoms with Gasteiger partial charge in [-0.25, -0.2) is 9.59 Å². The summed E-state index contributed by atoms with van der Waals surface area (Å²) >= 11 is 0. The fourth-order valence-electron chi connectivity index (χ4n) is 0.735. The van der Waals surface area contributed by atoms with Crippen LogP contribution in [0.2, 0.25) is 0 Å². The van der Waals surface area contributed by atoms with E-state index in [4.69, 9.17) is 10.2 Å². The summed E-state index contributed by atoms with van der Waals surface area (Å²) in [5.41, 5.74) is 0. The van der Waals surface area contributed by atoms with E-state index in [0.717, 1.165) is 0 Å². The molecule has 0 aromatic rings. The minimum absolute atomic E-state index is 0.313. The highest BCUT2D eigenvalue weighted by molar-refractivity contribution is 8.55. The van der Waals surface area contributed by atoms with Crippen molar-refractivity contribution in [2.45, 2.75) is 0 Å². The molecule has 0 amide bonds. The molecule has 0 unspecified atom stereocenters. The van der Waals surface area contributed by atoms with Crippen LogP contribution in [0.25, 0.3) is 0 Å². The lowest BCUT2D eigenvalue weighted by Crippen LogP contribution is -2.26.